The molecule has 0 aliphatic rings. The summed E-state index contributed by atoms with van der Waals surface area (Å²) in [5, 5.41) is 2.77. The van der Waals surface area contributed by atoms with Crippen LogP contribution in [0.4, 0.5) is 23.2 Å². The van der Waals surface area contributed by atoms with Crippen LogP contribution < -0.4 is 10.1 Å². The minimum absolute atomic E-state index is 0.0146. The zero-order valence-electron chi connectivity index (χ0n) is 19.2. The van der Waals surface area contributed by atoms with Crippen LogP contribution >= 0.6 is 11.8 Å². The predicted octanol–water partition coefficient (Wildman–Crippen LogP) is 8.00. The van der Waals surface area contributed by atoms with Crippen molar-refractivity contribution in [1.29, 1.82) is 0 Å². The maximum absolute atomic E-state index is 13.9. The second-order valence-corrected chi connectivity index (χ2v) is 9.16. The molecule has 0 unspecified atom stereocenters. The molecule has 0 heterocycles. The normalized spacial score (nSPS) is 10.8. The molecule has 184 valence electrons. The van der Waals surface area contributed by atoms with Gasteiger partial charge in [0.05, 0.1) is 6.42 Å². The Morgan fingerprint density at radius 3 is 2.28 bits per heavy atom. The van der Waals surface area contributed by atoms with Gasteiger partial charge in [0, 0.05) is 28.3 Å². The summed E-state index contributed by atoms with van der Waals surface area (Å²) in [5.41, 5.74) is 1.43. The van der Waals surface area contributed by atoms with Crippen molar-refractivity contribution >= 4 is 23.4 Å². The van der Waals surface area contributed by atoms with Crippen LogP contribution in [0.15, 0.2) is 83.8 Å². The molecule has 0 aliphatic heterocycles. The molecule has 0 radical (unpaired) electrons. The number of carbonyl (C=O) groups excluding carboxylic acids is 1. The van der Waals surface area contributed by atoms with Gasteiger partial charge in [0.25, 0.3) is 0 Å². The Balaban J connectivity index is 1.61. The molecular formula is C28H21F4NO2S. The van der Waals surface area contributed by atoms with Crippen LogP contribution in [-0.4, -0.2) is 11.7 Å². The third-order valence-electron chi connectivity index (χ3n) is 5.18. The first-order chi connectivity index (χ1) is 17.3. The topological polar surface area (TPSA) is 38.3 Å². The van der Waals surface area contributed by atoms with Gasteiger partial charge in [0.2, 0.25) is 5.91 Å². The van der Waals surface area contributed by atoms with E-state index in [0.29, 0.717) is 5.69 Å². The third-order valence-corrected chi connectivity index (χ3v) is 6.08. The molecule has 0 aromatic heterocycles. The van der Waals surface area contributed by atoms with E-state index in [4.69, 9.17) is 4.74 Å². The van der Waals surface area contributed by atoms with E-state index in [1.54, 1.807) is 11.8 Å². The molecular weight excluding hydrogens is 490 g/mol. The third kappa shape index (κ3) is 6.26. The molecule has 36 heavy (non-hydrogen) atoms. The first-order valence-corrected chi connectivity index (χ1v) is 12.0. The summed E-state index contributed by atoms with van der Waals surface area (Å²) >= 11 is 1.70. The monoisotopic (exact) mass is 511 g/mol. The first kappa shape index (κ1) is 25.3. The number of anilines is 1. The van der Waals surface area contributed by atoms with E-state index >= 15 is 0 Å². The zero-order valence-corrected chi connectivity index (χ0v) is 20.0. The van der Waals surface area contributed by atoms with Crippen molar-refractivity contribution in [3.63, 3.8) is 0 Å². The van der Waals surface area contributed by atoms with Crippen molar-refractivity contribution in [3.05, 3.63) is 108 Å². The highest BCUT2D eigenvalue weighted by Gasteiger charge is 2.16. The molecule has 0 saturated carbocycles. The van der Waals surface area contributed by atoms with E-state index in [-0.39, 0.29) is 35.0 Å². The van der Waals surface area contributed by atoms with Gasteiger partial charge in [-0.1, -0.05) is 25.1 Å². The fraction of sp³-hybridized carbons (Fsp3) is 0.107. The Morgan fingerprint density at radius 2 is 1.61 bits per heavy atom. The SMILES string of the molecule is CCSc1ccc(CC(=O)Nc2ccc(-c3cc(F)c(F)c(F)c3)c(Oc3cccc(F)c3)c2)cc1. The van der Waals surface area contributed by atoms with Gasteiger partial charge in [-0.3, -0.25) is 4.79 Å². The summed E-state index contributed by atoms with van der Waals surface area (Å²) in [6.07, 6.45) is 0.132. The largest absolute Gasteiger partial charge is 0.457 e. The van der Waals surface area contributed by atoms with Gasteiger partial charge < -0.3 is 10.1 Å². The first-order valence-electron chi connectivity index (χ1n) is 11.1. The maximum atomic E-state index is 13.9. The van der Waals surface area contributed by atoms with E-state index < -0.39 is 23.3 Å². The highest BCUT2D eigenvalue weighted by molar-refractivity contribution is 7.99. The Kier molecular flexibility index (Phi) is 7.95. The molecule has 1 amide bonds. The fourth-order valence-electron chi connectivity index (χ4n) is 3.55. The van der Waals surface area contributed by atoms with Gasteiger partial charge >= 0.3 is 0 Å². The summed E-state index contributed by atoms with van der Waals surface area (Å²) in [4.78, 5) is 13.8. The number of benzene rings is 4. The van der Waals surface area contributed by atoms with E-state index in [1.165, 1.54) is 36.4 Å². The van der Waals surface area contributed by atoms with E-state index in [1.807, 2.05) is 24.3 Å². The smallest absolute Gasteiger partial charge is 0.228 e. The quantitative estimate of drug-likeness (QED) is 0.148. The van der Waals surface area contributed by atoms with Crippen LogP contribution in [0.5, 0.6) is 11.5 Å². The number of rotatable bonds is 8. The lowest BCUT2D eigenvalue weighted by molar-refractivity contribution is -0.115. The maximum Gasteiger partial charge on any atom is 0.228 e. The van der Waals surface area contributed by atoms with Gasteiger partial charge in [-0.25, -0.2) is 17.6 Å². The molecule has 0 saturated heterocycles. The molecule has 4 rings (SSSR count). The standard InChI is InChI=1S/C28H21F4NO2S/c1-2-36-22-9-6-17(7-10-22)12-27(34)33-20-8-11-23(18-13-24(30)28(32)25(31)14-18)26(16-20)35-21-5-3-4-19(29)15-21/h3-11,13-16H,2,12H2,1H3,(H,33,34). The van der Waals surface area contributed by atoms with E-state index in [9.17, 15) is 22.4 Å². The van der Waals surface area contributed by atoms with Gasteiger partial charge in [-0.2, -0.15) is 0 Å². The van der Waals surface area contributed by atoms with Gasteiger partial charge in [-0.05, 0) is 65.4 Å². The molecule has 4 aromatic rings. The van der Waals surface area contributed by atoms with Gasteiger partial charge in [0.15, 0.2) is 17.5 Å². The van der Waals surface area contributed by atoms with Crippen LogP contribution in [0.3, 0.4) is 0 Å². The van der Waals surface area contributed by atoms with Crippen molar-refractivity contribution in [3.8, 4) is 22.6 Å². The van der Waals surface area contributed by atoms with E-state index in [2.05, 4.69) is 12.2 Å². The summed E-state index contributed by atoms with van der Waals surface area (Å²) < 4.78 is 60.8. The zero-order chi connectivity index (χ0) is 25.7. The number of ether oxygens (including phenoxy) is 1. The van der Waals surface area contributed by atoms with Crippen molar-refractivity contribution in [2.45, 2.75) is 18.2 Å². The Bertz CT molecular complexity index is 1370. The van der Waals surface area contributed by atoms with Crippen molar-refractivity contribution in [1.82, 2.24) is 0 Å². The van der Waals surface area contributed by atoms with Gasteiger partial charge in [0.1, 0.15) is 17.3 Å². The van der Waals surface area contributed by atoms with Crippen LogP contribution in [0, 0.1) is 23.3 Å². The number of hydrogen-bond donors (Lipinski definition) is 1. The average Bonchev–Trinajstić information content (AvgIpc) is 2.84. The molecule has 0 spiro atoms. The van der Waals surface area contributed by atoms with Crippen molar-refractivity contribution in [2.24, 2.45) is 0 Å². The molecule has 4 aromatic carbocycles. The van der Waals surface area contributed by atoms with Crippen LogP contribution in [0.1, 0.15) is 12.5 Å². The molecule has 0 bridgehead atoms. The Labute approximate surface area is 210 Å². The number of halogens is 4. The highest BCUT2D eigenvalue weighted by atomic mass is 32.2. The predicted molar refractivity (Wildman–Crippen MR) is 133 cm³/mol. The number of nitrogens with one attached hydrogen (secondary N) is 1. The van der Waals surface area contributed by atoms with Crippen molar-refractivity contribution < 1.29 is 27.1 Å². The second-order valence-electron chi connectivity index (χ2n) is 7.83. The Hall–Kier alpha value is -3.78. The summed E-state index contributed by atoms with van der Waals surface area (Å²) in [5.74, 6) is -3.96. The van der Waals surface area contributed by atoms with Crippen LogP contribution in [-0.2, 0) is 11.2 Å². The fourth-order valence-corrected chi connectivity index (χ4v) is 4.21. The van der Waals surface area contributed by atoms with Gasteiger partial charge in [-0.15, -0.1) is 11.8 Å². The minimum atomic E-state index is -1.59. The average molecular weight is 512 g/mol. The highest BCUT2D eigenvalue weighted by Crippen LogP contribution is 2.37. The Morgan fingerprint density at radius 1 is 0.889 bits per heavy atom. The van der Waals surface area contributed by atoms with Crippen LogP contribution in [0.2, 0.25) is 0 Å². The number of carbonyl (C=O) groups is 1. The molecule has 0 fully saturated rings. The number of amides is 1. The molecule has 3 nitrogen and oxygen atoms in total. The summed E-state index contributed by atoms with van der Waals surface area (Å²) in [6, 6.07) is 19.2. The lowest BCUT2D eigenvalue weighted by atomic mass is 10.0. The lowest BCUT2D eigenvalue weighted by Gasteiger charge is -2.15. The van der Waals surface area contributed by atoms with Crippen molar-refractivity contribution in [2.75, 3.05) is 11.1 Å². The van der Waals surface area contributed by atoms with Crippen LogP contribution in [0.25, 0.3) is 11.1 Å². The number of thioether (sulfide) groups is 1. The molecule has 1 N–H and O–H groups in total. The van der Waals surface area contributed by atoms with E-state index in [0.717, 1.165) is 34.4 Å². The summed E-state index contributed by atoms with van der Waals surface area (Å²) in [6.45, 7) is 2.06. The minimum Gasteiger partial charge on any atom is -0.457 e. The summed E-state index contributed by atoms with van der Waals surface area (Å²) in [7, 11) is 0. The molecule has 8 heteroatoms. The molecule has 0 aliphatic carbocycles. The lowest BCUT2D eigenvalue weighted by Crippen LogP contribution is -2.14. The second kappa shape index (κ2) is 11.3. The number of hydrogen-bond acceptors (Lipinski definition) is 3. The molecule has 0 atom stereocenters.